The van der Waals surface area contributed by atoms with Crippen molar-refractivity contribution in [2.24, 2.45) is 11.1 Å². The van der Waals surface area contributed by atoms with Crippen LogP contribution in [0.1, 0.15) is 24.2 Å². The third-order valence-corrected chi connectivity index (χ3v) is 3.22. The van der Waals surface area contributed by atoms with Gasteiger partial charge >= 0.3 is 0 Å². The van der Waals surface area contributed by atoms with Gasteiger partial charge in [0.25, 0.3) is 5.91 Å². The van der Waals surface area contributed by atoms with Gasteiger partial charge in [0.05, 0.1) is 5.56 Å². The number of hydrogen-bond donors (Lipinski definition) is 1. The topological polar surface area (TPSA) is 46.3 Å². The van der Waals surface area contributed by atoms with E-state index in [-0.39, 0.29) is 16.9 Å². The number of carbonyl (C=O) groups is 1. The Balaban J connectivity index is 2.90. The van der Waals surface area contributed by atoms with Crippen molar-refractivity contribution in [2.45, 2.75) is 13.8 Å². The molecule has 0 aliphatic heterocycles. The van der Waals surface area contributed by atoms with E-state index in [9.17, 15) is 9.18 Å². The summed E-state index contributed by atoms with van der Waals surface area (Å²) in [6, 6.07) is 4.33. The summed E-state index contributed by atoms with van der Waals surface area (Å²) in [7, 11) is 1.65. The predicted octanol–water partition coefficient (Wildman–Crippen LogP) is 2.65. The molecule has 1 aromatic rings. The van der Waals surface area contributed by atoms with Gasteiger partial charge in [-0.25, -0.2) is 4.39 Å². The SMILES string of the molecule is CN(CC(C)(C)CN)C(=O)c1cc(Br)ccc1F. The Morgan fingerprint density at radius 1 is 1.50 bits per heavy atom. The van der Waals surface area contributed by atoms with E-state index >= 15 is 0 Å². The molecule has 0 saturated carbocycles. The zero-order chi connectivity index (χ0) is 13.9. The van der Waals surface area contributed by atoms with Crippen molar-refractivity contribution in [2.75, 3.05) is 20.1 Å². The number of carbonyl (C=O) groups excluding carboxylic acids is 1. The van der Waals surface area contributed by atoms with E-state index in [1.165, 1.54) is 17.0 Å². The molecule has 5 heteroatoms. The van der Waals surface area contributed by atoms with E-state index in [1.807, 2.05) is 13.8 Å². The van der Waals surface area contributed by atoms with Crippen molar-refractivity contribution >= 4 is 21.8 Å². The van der Waals surface area contributed by atoms with E-state index in [2.05, 4.69) is 15.9 Å². The Labute approximate surface area is 115 Å². The number of benzene rings is 1. The molecule has 1 rings (SSSR count). The highest BCUT2D eigenvalue weighted by Crippen LogP contribution is 2.19. The van der Waals surface area contributed by atoms with Crippen LogP contribution >= 0.6 is 15.9 Å². The van der Waals surface area contributed by atoms with Crippen molar-refractivity contribution in [3.63, 3.8) is 0 Å². The molecule has 0 unspecified atom stereocenters. The van der Waals surface area contributed by atoms with Gasteiger partial charge in [-0.15, -0.1) is 0 Å². The Morgan fingerprint density at radius 3 is 2.67 bits per heavy atom. The highest BCUT2D eigenvalue weighted by molar-refractivity contribution is 9.10. The van der Waals surface area contributed by atoms with Crippen LogP contribution in [0.5, 0.6) is 0 Å². The molecule has 0 heterocycles. The molecule has 0 aliphatic carbocycles. The number of hydrogen-bond acceptors (Lipinski definition) is 2. The summed E-state index contributed by atoms with van der Waals surface area (Å²) in [5.74, 6) is -0.851. The fourth-order valence-electron chi connectivity index (χ4n) is 1.65. The maximum Gasteiger partial charge on any atom is 0.256 e. The summed E-state index contributed by atoms with van der Waals surface area (Å²) in [4.78, 5) is 13.6. The predicted molar refractivity (Wildman–Crippen MR) is 73.9 cm³/mol. The van der Waals surface area contributed by atoms with Gasteiger partial charge in [-0.1, -0.05) is 29.8 Å². The average Bonchev–Trinajstić information content (AvgIpc) is 2.31. The molecular formula is C13H18BrFN2O. The molecule has 0 saturated heterocycles. The number of rotatable bonds is 4. The van der Waals surface area contributed by atoms with Gasteiger partial charge in [-0.3, -0.25) is 4.79 Å². The van der Waals surface area contributed by atoms with Gasteiger partial charge < -0.3 is 10.6 Å². The fourth-order valence-corrected chi connectivity index (χ4v) is 2.01. The maximum absolute atomic E-state index is 13.6. The average molecular weight is 317 g/mol. The standard InChI is InChI=1S/C13H18BrFN2O/c1-13(2,7-16)8-17(3)12(18)10-6-9(14)4-5-11(10)15/h4-6H,7-8,16H2,1-3H3. The van der Waals surface area contributed by atoms with Crippen LogP contribution in [-0.2, 0) is 0 Å². The van der Waals surface area contributed by atoms with E-state index in [0.29, 0.717) is 17.6 Å². The lowest BCUT2D eigenvalue weighted by Gasteiger charge is -2.29. The van der Waals surface area contributed by atoms with Gasteiger partial charge in [0.2, 0.25) is 0 Å². The number of nitrogens with zero attached hydrogens (tertiary/aromatic N) is 1. The quantitative estimate of drug-likeness (QED) is 0.928. The van der Waals surface area contributed by atoms with E-state index in [4.69, 9.17) is 5.73 Å². The van der Waals surface area contributed by atoms with Crippen molar-refractivity contribution in [1.82, 2.24) is 4.90 Å². The first kappa shape index (κ1) is 15.1. The van der Waals surface area contributed by atoms with E-state index in [0.717, 1.165) is 0 Å². The highest BCUT2D eigenvalue weighted by Gasteiger charge is 2.23. The molecule has 2 N–H and O–H groups in total. The molecule has 0 atom stereocenters. The second-order valence-electron chi connectivity index (χ2n) is 5.15. The Kier molecular flexibility index (Phi) is 4.87. The van der Waals surface area contributed by atoms with Crippen LogP contribution in [-0.4, -0.2) is 30.9 Å². The van der Waals surface area contributed by atoms with Crippen LogP contribution in [0.4, 0.5) is 4.39 Å². The number of amides is 1. The summed E-state index contributed by atoms with van der Waals surface area (Å²) in [6.07, 6.45) is 0. The van der Waals surface area contributed by atoms with Gasteiger partial charge in [0.1, 0.15) is 5.82 Å². The first-order chi connectivity index (χ1) is 8.26. The first-order valence-electron chi connectivity index (χ1n) is 5.67. The largest absolute Gasteiger partial charge is 0.341 e. The zero-order valence-corrected chi connectivity index (χ0v) is 12.4. The Morgan fingerprint density at radius 2 is 2.11 bits per heavy atom. The molecule has 0 aliphatic rings. The first-order valence-corrected chi connectivity index (χ1v) is 6.47. The molecule has 100 valence electrons. The van der Waals surface area contributed by atoms with Crippen LogP contribution < -0.4 is 5.73 Å². The molecular weight excluding hydrogens is 299 g/mol. The molecule has 0 aromatic heterocycles. The number of halogens is 2. The minimum Gasteiger partial charge on any atom is -0.341 e. The smallest absolute Gasteiger partial charge is 0.256 e. The lowest BCUT2D eigenvalue weighted by molar-refractivity contribution is 0.0736. The van der Waals surface area contributed by atoms with Crippen molar-refractivity contribution in [1.29, 1.82) is 0 Å². The van der Waals surface area contributed by atoms with Crippen LogP contribution in [0.3, 0.4) is 0 Å². The normalized spacial score (nSPS) is 11.4. The minimum atomic E-state index is -0.513. The summed E-state index contributed by atoms with van der Waals surface area (Å²) in [5, 5.41) is 0. The molecule has 0 radical (unpaired) electrons. The van der Waals surface area contributed by atoms with Crippen LogP contribution in [0.2, 0.25) is 0 Å². The second kappa shape index (κ2) is 5.80. The third kappa shape index (κ3) is 3.78. The summed E-state index contributed by atoms with van der Waals surface area (Å²) in [6.45, 7) is 4.88. The third-order valence-electron chi connectivity index (χ3n) is 2.72. The van der Waals surface area contributed by atoms with Crippen LogP contribution in [0.25, 0.3) is 0 Å². The van der Waals surface area contributed by atoms with E-state index < -0.39 is 5.82 Å². The lowest BCUT2D eigenvalue weighted by atomic mass is 9.93. The summed E-state index contributed by atoms with van der Waals surface area (Å²) in [5.41, 5.74) is 5.51. The highest BCUT2D eigenvalue weighted by atomic mass is 79.9. The van der Waals surface area contributed by atoms with Gasteiger partial charge in [0.15, 0.2) is 0 Å². The second-order valence-corrected chi connectivity index (χ2v) is 6.07. The number of nitrogens with two attached hydrogens (primary N) is 1. The zero-order valence-electron chi connectivity index (χ0n) is 10.8. The maximum atomic E-state index is 13.6. The van der Waals surface area contributed by atoms with E-state index in [1.54, 1.807) is 13.1 Å². The van der Waals surface area contributed by atoms with Crippen molar-refractivity contribution in [3.05, 3.63) is 34.1 Å². The van der Waals surface area contributed by atoms with Crippen LogP contribution in [0, 0.1) is 11.2 Å². The lowest BCUT2D eigenvalue weighted by Crippen LogP contribution is -2.40. The molecule has 18 heavy (non-hydrogen) atoms. The molecule has 0 fully saturated rings. The molecule has 1 amide bonds. The van der Waals surface area contributed by atoms with Gasteiger partial charge in [-0.2, -0.15) is 0 Å². The van der Waals surface area contributed by atoms with Gasteiger partial charge in [-0.05, 0) is 30.2 Å². The molecule has 0 bridgehead atoms. The van der Waals surface area contributed by atoms with Crippen LogP contribution in [0.15, 0.2) is 22.7 Å². The summed E-state index contributed by atoms with van der Waals surface area (Å²) < 4.78 is 14.3. The van der Waals surface area contributed by atoms with Gasteiger partial charge in [0, 0.05) is 18.1 Å². The summed E-state index contributed by atoms with van der Waals surface area (Å²) >= 11 is 3.23. The minimum absolute atomic E-state index is 0.0692. The Bertz CT molecular complexity index is 449. The monoisotopic (exact) mass is 316 g/mol. The molecule has 0 spiro atoms. The van der Waals surface area contributed by atoms with Crippen molar-refractivity contribution in [3.8, 4) is 0 Å². The molecule has 3 nitrogen and oxygen atoms in total. The fraction of sp³-hybridized carbons (Fsp3) is 0.462. The van der Waals surface area contributed by atoms with Crippen molar-refractivity contribution < 1.29 is 9.18 Å². The Hall–Kier alpha value is -0.940. The molecule has 1 aromatic carbocycles.